The molecule has 2 N–H and O–H groups in total. The number of amides is 1. The van der Waals surface area contributed by atoms with Crippen molar-refractivity contribution in [1.29, 1.82) is 0 Å². The molecule has 1 unspecified atom stereocenters. The Labute approximate surface area is 190 Å². The summed E-state index contributed by atoms with van der Waals surface area (Å²) >= 11 is 0. The summed E-state index contributed by atoms with van der Waals surface area (Å²) < 4.78 is 56.1. The number of carbonyl (C=O) groups is 2. The van der Waals surface area contributed by atoms with Gasteiger partial charge in [-0.2, -0.15) is 0 Å². The molecule has 0 fully saturated rings. The zero-order chi connectivity index (χ0) is 24.5. The number of aryl methyl sites for hydroxylation is 1. The highest BCUT2D eigenvalue weighted by molar-refractivity contribution is 5.94. The number of hydrogen-bond acceptors (Lipinski definition) is 5. The molecule has 2 aromatic heterocycles. The number of ether oxygens (including phenoxy) is 1. The van der Waals surface area contributed by atoms with Gasteiger partial charge in [-0.05, 0) is 60.7 Å². The van der Waals surface area contributed by atoms with Crippen LogP contribution in [0.3, 0.4) is 0 Å². The predicted octanol–water partition coefficient (Wildman–Crippen LogP) is 4.22. The summed E-state index contributed by atoms with van der Waals surface area (Å²) in [7, 11) is 0. The molecule has 1 atom stereocenters. The average molecular weight is 475 g/mol. The molecule has 0 bridgehead atoms. The number of benzene rings is 1. The standard InChI is InChI=1S/C23H17F4N3O4/c24-16-11-15(6-8-18(16)34-23(25,26)27)22(9-1-3-13-4-2-10-28-19(13)22)30-20(31)17-7-5-14(12-29-17)21(32)33/h2,4-8,10-12H,1,3,9H2,(H,30,31)(H,32,33). The Kier molecular flexibility index (Phi) is 5.94. The number of aromatic nitrogens is 2. The van der Waals surface area contributed by atoms with Crippen LogP contribution in [0.2, 0.25) is 0 Å². The lowest BCUT2D eigenvalue weighted by atomic mass is 9.75. The number of nitrogens with one attached hydrogen (secondary N) is 1. The van der Waals surface area contributed by atoms with Crippen molar-refractivity contribution in [3.8, 4) is 5.75 Å². The fourth-order valence-corrected chi connectivity index (χ4v) is 4.05. The number of carbonyl (C=O) groups excluding carboxylic acids is 1. The molecule has 176 valence electrons. The number of pyridine rings is 2. The minimum atomic E-state index is -5.07. The van der Waals surface area contributed by atoms with Gasteiger partial charge >= 0.3 is 12.3 Å². The molecule has 0 aliphatic heterocycles. The second kappa shape index (κ2) is 8.73. The zero-order valence-electron chi connectivity index (χ0n) is 17.4. The van der Waals surface area contributed by atoms with Gasteiger partial charge in [0, 0.05) is 12.4 Å². The van der Waals surface area contributed by atoms with Crippen LogP contribution in [-0.4, -0.2) is 33.3 Å². The van der Waals surface area contributed by atoms with E-state index in [2.05, 4.69) is 20.0 Å². The van der Waals surface area contributed by atoms with E-state index in [1.165, 1.54) is 24.4 Å². The molecule has 0 saturated carbocycles. The first-order valence-electron chi connectivity index (χ1n) is 10.1. The Morgan fingerprint density at radius 1 is 1.12 bits per heavy atom. The molecule has 0 spiro atoms. The number of carboxylic acid groups (broad SMARTS) is 1. The van der Waals surface area contributed by atoms with Gasteiger partial charge in [-0.3, -0.25) is 14.8 Å². The predicted molar refractivity (Wildman–Crippen MR) is 110 cm³/mol. The Morgan fingerprint density at radius 2 is 1.91 bits per heavy atom. The smallest absolute Gasteiger partial charge is 0.478 e. The molecule has 11 heteroatoms. The van der Waals surface area contributed by atoms with Crippen LogP contribution in [-0.2, 0) is 12.0 Å². The molecule has 1 aromatic carbocycles. The van der Waals surface area contributed by atoms with Crippen molar-refractivity contribution in [3.05, 3.63) is 88.8 Å². The molecule has 1 amide bonds. The van der Waals surface area contributed by atoms with Gasteiger partial charge in [0.05, 0.1) is 11.3 Å². The highest BCUT2D eigenvalue weighted by Crippen LogP contribution is 2.41. The van der Waals surface area contributed by atoms with Gasteiger partial charge in [-0.1, -0.05) is 12.1 Å². The summed E-state index contributed by atoms with van der Waals surface area (Å²) in [6.07, 6.45) is -1.03. The van der Waals surface area contributed by atoms with Gasteiger partial charge < -0.3 is 15.2 Å². The first-order valence-corrected chi connectivity index (χ1v) is 10.1. The Morgan fingerprint density at radius 3 is 2.56 bits per heavy atom. The summed E-state index contributed by atoms with van der Waals surface area (Å²) in [4.78, 5) is 32.4. The summed E-state index contributed by atoms with van der Waals surface area (Å²) in [5.74, 6) is -4.15. The summed E-state index contributed by atoms with van der Waals surface area (Å²) in [6, 6.07) is 8.94. The number of hydrogen-bond donors (Lipinski definition) is 2. The molecule has 2 heterocycles. The molecule has 4 rings (SSSR count). The Hall–Kier alpha value is -4.02. The summed E-state index contributed by atoms with van der Waals surface area (Å²) in [6.45, 7) is 0. The van der Waals surface area contributed by atoms with Crippen molar-refractivity contribution < 1.29 is 37.0 Å². The molecular formula is C23H17F4N3O4. The second-order valence-electron chi connectivity index (χ2n) is 7.65. The van der Waals surface area contributed by atoms with E-state index >= 15 is 0 Å². The van der Waals surface area contributed by atoms with Crippen LogP contribution in [0.25, 0.3) is 0 Å². The number of rotatable bonds is 5. The van der Waals surface area contributed by atoms with E-state index in [1.807, 2.05) is 0 Å². The fourth-order valence-electron chi connectivity index (χ4n) is 4.05. The molecule has 0 radical (unpaired) electrons. The third kappa shape index (κ3) is 4.54. The lowest BCUT2D eigenvalue weighted by Crippen LogP contribution is -2.49. The normalized spacial score (nSPS) is 17.5. The first-order chi connectivity index (χ1) is 16.1. The number of carboxylic acids is 1. The minimum absolute atomic E-state index is 0.0927. The topological polar surface area (TPSA) is 101 Å². The van der Waals surface area contributed by atoms with E-state index in [4.69, 9.17) is 5.11 Å². The Balaban J connectivity index is 1.78. The summed E-state index contributed by atoms with van der Waals surface area (Å²) in [5, 5.41) is 11.9. The van der Waals surface area contributed by atoms with Crippen molar-refractivity contribution in [3.63, 3.8) is 0 Å². The third-order valence-electron chi connectivity index (χ3n) is 5.51. The van der Waals surface area contributed by atoms with E-state index in [1.54, 1.807) is 12.1 Å². The van der Waals surface area contributed by atoms with Crippen molar-refractivity contribution in [1.82, 2.24) is 15.3 Å². The number of nitrogens with zero attached hydrogens (tertiary/aromatic N) is 2. The lowest BCUT2D eigenvalue weighted by molar-refractivity contribution is -0.275. The number of fused-ring (bicyclic) bond motifs is 1. The molecule has 1 aliphatic rings. The van der Waals surface area contributed by atoms with E-state index in [9.17, 15) is 27.2 Å². The van der Waals surface area contributed by atoms with Crippen molar-refractivity contribution >= 4 is 11.9 Å². The number of aromatic carboxylic acids is 1. The number of halogens is 4. The van der Waals surface area contributed by atoms with Crippen molar-refractivity contribution in [2.75, 3.05) is 0 Å². The third-order valence-corrected chi connectivity index (χ3v) is 5.51. The maximum Gasteiger partial charge on any atom is 0.573 e. The van der Waals surface area contributed by atoms with Crippen LogP contribution in [0, 0.1) is 5.82 Å². The Bertz CT molecular complexity index is 1250. The van der Waals surface area contributed by atoms with Crippen LogP contribution in [0.1, 0.15) is 50.5 Å². The van der Waals surface area contributed by atoms with Crippen LogP contribution in [0.5, 0.6) is 5.75 Å². The average Bonchev–Trinajstić information content (AvgIpc) is 2.79. The van der Waals surface area contributed by atoms with Gasteiger partial charge in [-0.25, -0.2) is 9.18 Å². The van der Waals surface area contributed by atoms with E-state index in [0.29, 0.717) is 18.5 Å². The molecule has 0 saturated heterocycles. The van der Waals surface area contributed by atoms with Crippen LogP contribution in [0.4, 0.5) is 17.6 Å². The molecular weight excluding hydrogens is 458 g/mol. The van der Waals surface area contributed by atoms with E-state index in [0.717, 1.165) is 23.9 Å². The molecule has 7 nitrogen and oxygen atoms in total. The van der Waals surface area contributed by atoms with Gasteiger partial charge in [0.2, 0.25) is 0 Å². The van der Waals surface area contributed by atoms with E-state index < -0.39 is 35.3 Å². The van der Waals surface area contributed by atoms with Crippen molar-refractivity contribution in [2.45, 2.75) is 31.2 Å². The van der Waals surface area contributed by atoms with Gasteiger partial charge in [0.25, 0.3) is 5.91 Å². The fraction of sp³-hybridized carbons (Fsp3) is 0.217. The highest BCUT2D eigenvalue weighted by atomic mass is 19.4. The minimum Gasteiger partial charge on any atom is -0.478 e. The summed E-state index contributed by atoms with van der Waals surface area (Å²) in [5.41, 5.74) is -0.172. The van der Waals surface area contributed by atoms with Gasteiger partial charge in [-0.15, -0.1) is 13.2 Å². The maximum absolute atomic E-state index is 14.6. The maximum atomic E-state index is 14.6. The SMILES string of the molecule is O=C(O)c1ccc(C(=O)NC2(c3ccc(OC(F)(F)F)c(F)c3)CCCc3cccnc32)nc1. The molecule has 3 aromatic rings. The quantitative estimate of drug-likeness (QED) is 0.536. The van der Waals surface area contributed by atoms with Crippen LogP contribution < -0.4 is 10.1 Å². The monoisotopic (exact) mass is 475 g/mol. The zero-order valence-corrected chi connectivity index (χ0v) is 17.4. The first kappa shape index (κ1) is 23.1. The van der Waals surface area contributed by atoms with Crippen molar-refractivity contribution in [2.24, 2.45) is 0 Å². The van der Waals surface area contributed by atoms with Crippen LogP contribution >= 0.6 is 0 Å². The van der Waals surface area contributed by atoms with E-state index in [-0.39, 0.29) is 23.2 Å². The second-order valence-corrected chi connectivity index (χ2v) is 7.65. The number of alkyl halides is 3. The van der Waals surface area contributed by atoms with Gasteiger partial charge in [0.1, 0.15) is 11.2 Å². The van der Waals surface area contributed by atoms with Crippen LogP contribution in [0.15, 0.2) is 54.9 Å². The molecule has 1 aliphatic carbocycles. The van der Waals surface area contributed by atoms with Gasteiger partial charge in [0.15, 0.2) is 11.6 Å². The highest BCUT2D eigenvalue weighted by Gasteiger charge is 2.42. The molecule has 34 heavy (non-hydrogen) atoms. The lowest BCUT2D eigenvalue weighted by Gasteiger charge is -2.39. The largest absolute Gasteiger partial charge is 0.573 e.